The van der Waals surface area contributed by atoms with Gasteiger partial charge in [-0.05, 0) is 41.8 Å². The predicted octanol–water partition coefficient (Wildman–Crippen LogP) is 2.95. The van der Waals surface area contributed by atoms with E-state index in [9.17, 15) is 14.4 Å². The third kappa shape index (κ3) is 4.49. The van der Waals surface area contributed by atoms with Crippen LogP contribution >= 0.6 is 0 Å². The first-order valence-corrected chi connectivity index (χ1v) is 10.0. The number of aromatic nitrogens is 1. The summed E-state index contributed by atoms with van der Waals surface area (Å²) in [6, 6.07) is 20.1. The smallest absolute Gasteiger partial charge is 0.251 e. The Morgan fingerprint density at radius 2 is 1.73 bits per heavy atom. The molecule has 152 valence electrons. The number of anilines is 1. The second kappa shape index (κ2) is 8.78. The number of pyridine rings is 1. The molecular formula is C24H23N3O3. The molecule has 1 aliphatic rings. The van der Waals surface area contributed by atoms with Crippen LogP contribution in [0, 0.1) is 0 Å². The van der Waals surface area contributed by atoms with Gasteiger partial charge in [0.05, 0.1) is 6.54 Å². The number of amides is 2. The summed E-state index contributed by atoms with van der Waals surface area (Å²) < 4.78 is 1.65. The summed E-state index contributed by atoms with van der Waals surface area (Å²) >= 11 is 0. The lowest BCUT2D eigenvalue weighted by Crippen LogP contribution is -2.25. The van der Waals surface area contributed by atoms with Gasteiger partial charge in [-0.25, -0.2) is 0 Å². The second-order valence-electron chi connectivity index (χ2n) is 7.37. The molecule has 2 aromatic carbocycles. The largest absolute Gasteiger partial charge is 0.348 e. The van der Waals surface area contributed by atoms with E-state index in [1.807, 2.05) is 36.4 Å². The highest BCUT2D eigenvalue weighted by atomic mass is 16.2. The number of carbonyl (C=O) groups excluding carboxylic acids is 2. The number of hydrogen-bond donors (Lipinski definition) is 1. The Morgan fingerprint density at radius 1 is 0.933 bits per heavy atom. The van der Waals surface area contributed by atoms with Gasteiger partial charge >= 0.3 is 0 Å². The van der Waals surface area contributed by atoms with Crippen molar-refractivity contribution in [3.63, 3.8) is 0 Å². The van der Waals surface area contributed by atoms with Gasteiger partial charge in [-0.2, -0.15) is 0 Å². The van der Waals surface area contributed by atoms with Gasteiger partial charge in [0.25, 0.3) is 11.5 Å². The maximum atomic E-state index is 12.6. The Hall–Kier alpha value is -3.67. The van der Waals surface area contributed by atoms with E-state index < -0.39 is 0 Å². The molecule has 1 aliphatic heterocycles. The number of benzene rings is 2. The van der Waals surface area contributed by atoms with Gasteiger partial charge in [-0.1, -0.05) is 36.4 Å². The molecule has 1 fully saturated rings. The van der Waals surface area contributed by atoms with Gasteiger partial charge in [-0.3, -0.25) is 14.4 Å². The highest BCUT2D eigenvalue weighted by Gasteiger charge is 2.22. The molecule has 0 radical (unpaired) electrons. The molecule has 0 spiro atoms. The Kier molecular flexibility index (Phi) is 5.75. The van der Waals surface area contributed by atoms with Gasteiger partial charge in [0.15, 0.2) is 0 Å². The van der Waals surface area contributed by atoms with E-state index in [1.54, 1.807) is 46.0 Å². The van der Waals surface area contributed by atoms with E-state index in [4.69, 9.17) is 0 Å². The SMILES string of the molecule is O=C(NCc1ccc(Cn2ccccc2=O)cc1)c1cccc(N2CCCC2=O)c1. The van der Waals surface area contributed by atoms with Crippen LogP contribution in [-0.2, 0) is 17.9 Å². The van der Waals surface area contributed by atoms with Crippen LogP contribution in [0.1, 0.15) is 34.3 Å². The molecule has 0 saturated carbocycles. The maximum absolute atomic E-state index is 12.6. The van der Waals surface area contributed by atoms with E-state index >= 15 is 0 Å². The minimum atomic E-state index is -0.177. The average molecular weight is 401 g/mol. The summed E-state index contributed by atoms with van der Waals surface area (Å²) in [6.45, 7) is 1.61. The van der Waals surface area contributed by atoms with Crippen molar-refractivity contribution < 1.29 is 9.59 Å². The Bertz CT molecular complexity index is 1120. The minimum Gasteiger partial charge on any atom is -0.348 e. The van der Waals surface area contributed by atoms with E-state index in [0.29, 0.717) is 31.6 Å². The normalized spacial score (nSPS) is 13.5. The summed E-state index contributed by atoms with van der Waals surface area (Å²) in [5.41, 5.74) is 3.25. The topological polar surface area (TPSA) is 71.4 Å². The van der Waals surface area contributed by atoms with Crippen molar-refractivity contribution in [1.82, 2.24) is 9.88 Å². The molecule has 3 aromatic rings. The lowest BCUT2D eigenvalue weighted by molar-refractivity contribution is -0.117. The Morgan fingerprint density at radius 3 is 2.47 bits per heavy atom. The van der Waals surface area contributed by atoms with Gasteiger partial charge in [0.1, 0.15) is 0 Å². The van der Waals surface area contributed by atoms with Crippen LogP contribution in [-0.4, -0.2) is 22.9 Å². The van der Waals surface area contributed by atoms with Crippen LogP contribution in [0.4, 0.5) is 5.69 Å². The summed E-state index contributed by atoms with van der Waals surface area (Å²) in [4.78, 5) is 38.0. The fourth-order valence-corrected chi connectivity index (χ4v) is 3.57. The zero-order chi connectivity index (χ0) is 20.9. The van der Waals surface area contributed by atoms with E-state index in [1.165, 1.54) is 0 Å². The first-order chi connectivity index (χ1) is 14.6. The highest BCUT2D eigenvalue weighted by molar-refractivity contribution is 5.99. The molecule has 4 rings (SSSR count). The van der Waals surface area contributed by atoms with Gasteiger partial charge in [-0.15, -0.1) is 0 Å². The number of nitrogens with zero attached hydrogens (tertiary/aromatic N) is 2. The minimum absolute atomic E-state index is 0.0355. The number of hydrogen-bond acceptors (Lipinski definition) is 3. The van der Waals surface area contributed by atoms with Crippen molar-refractivity contribution in [2.45, 2.75) is 25.9 Å². The van der Waals surface area contributed by atoms with Crippen LogP contribution in [0.2, 0.25) is 0 Å². The molecule has 0 bridgehead atoms. The third-order valence-corrected chi connectivity index (χ3v) is 5.22. The Labute approximate surface area is 174 Å². The first-order valence-electron chi connectivity index (χ1n) is 10.0. The van der Waals surface area contributed by atoms with Crippen LogP contribution in [0.5, 0.6) is 0 Å². The monoisotopic (exact) mass is 401 g/mol. The van der Waals surface area contributed by atoms with E-state index in [2.05, 4.69) is 5.32 Å². The van der Waals surface area contributed by atoms with Crippen molar-refractivity contribution in [1.29, 1.82) is 0 Å². The first kappa shape index (κ1) is 19.6. The number of rotatable bonds is 6. The zero-order valence-electron chi connectivity index (χ0n) is 16.6. The van der Waals surface area contributed by atoms with Crippen molar-refractivity contribution in [3.05, 3.63) is 100.0 Å². The quantitative estimate of drug-likeness (QED) is 0.690. The van der Waals surface area contributed by atoms with Gasteiger partial charge in [0.2, 0.25) is 5.91 Å². The lowest BCUT2D eigenvalue weighted by atomic mass is 10.1. The summed E-state index contributed by atoms with van der Waals surface area (Å²) in [6.07, 6.45) is 3.18. The lowest BCUT2D eigenvalue weighted by Gasteiger charge is -2.16. The van der Waals surface area contributed by atoms with E-state index in [0.717, 1.165) is 23.2 Å². The standard InChI is InChI=1S/C24H23N3O3/c28-22-7-1-2-13-26(22)17-19-11-9-18(10-12-19)16-25-24(30)20-5-3-6-21(15-20)27-14-4-8-23(27)29/h1-3,5-7,9-13,15H,4,8,14,16-17H2,(H,25,30). The summed E-state index contributed by atoms with van der Waals surface area (Å²) in [7, 11) is 0. The highest BCUT2D eigenvalue weighted by Crippen LogP contribution is 2.22. The molecule has 6 heteroatoms. The van der Waals surface area contributed by atoms with Crippen LogP contribution in [0.15, 0.2) is 77.7 Å². The molecule has 0 aliphatic carbocycles. The molecule has 30 heavy (non-hydrogen) atoms. The van der Waals surface area contributed by atoms with E-state index in [-0.39, 0.29) is 17.4 Å². The average Bonchev–Trinajstić information content (AvgIpc) is 3.20. The molecular weight excluding hydrogens is 378 g/mol. The fourth-order valence-electron chi connectivity index (χ4n) is 3.57. The summed E-state index contributed by atoms with van der Waals surface area (Å²) in [5.74, 6) is -0.0752. The molecule has 0 unspecified atom stereocenters. The van der Waals surface area contributed by atoms with Crippen molar-refractivity contribution >= 4 is 17.5 Å². The maximum Gasteiger partial charge on any atom is 0.251 e. The number of nitrogens with one attached hydrogen (secondary N) is 1. The van der Waals surface area contributed by atoms with Crippen molar-refractivity contribution in [2.75, 3.05) is 11.4 Å². The van der Waals surface area contributed by atoms with Crippen LogP contribution in [0.3, 0.4) is 0 Å². The molecule has 1 N–H and O–H groups in total. The van der Waals surface area contributed by atoms with Crippen LogP contribution < -0.4 is 15.8 Å². The molecule has 1 aromatic heterocycles. The zero-order valence-corrected chi connectivity index (χ0v) is 16.6. The van der Waals surface area contributed by atoms with Gasteiger partial charge < -0.3 is 14.8 Å². The molecule has 2 amide bonds. The molecule has 6 nitrogen and oxygen atoms in total. The van der Waals surface area contributed by atoms with Crippen molar-refractivity contribution in [2.24, 2.45) is 0 Å². The predicted molar refractivity (Wildman–Crippen MR) is 115 cm³/mol. The summed E-state index contributed by atoms with van der Waals surface area (Å²) in [5, 5.41) is 2.92. The fraction of sp³-hybridized carbons (Fsp3) is 0.208. The molecule has 1 saturated heterocycles. The van der Waals surface area contributed by atoms with Crippen LogP contribution in [0.25, 0.3) is 0 Å². The second-order valence-corrected chi connectivity index (χ2v) is 7.37. The third-order valence-electron chi connectivity index (χ3n) is 5.22. The van der Waals surface area contributed by atoms with Gasteiger partial charge in [0, 0.05) is 43.0 Å². The Balaban J connectivity index is 1.36. The van der Waals surface area contributed by atoms with Crippen molar-refractivity contribution in [3.8, 4) is 0 Å². The molecule has 2 heterocycles. The molecule has 0 atom stereocenters. The number of carbonyl (C=O) groups is 2.